The van der Waals surface area contributed by atoms with Crippen LogP contribution in [0, 0.1) is 0 Å². The van der Waals surface area contributed by atoms with Gasteiger partial charge in [0.2, 0.25) is 0 Å². The van der Waals surface area contributed by atoms with Crippen LogP contribution in [0.1, 0.15) is 17.5 Å². The predicted octanol–water partition coefficient (Wildman–Crippen LogP) is 0.0149. The maximum absolute atomic E-state index is 12.4. The third-order valence-electron chi connectivity index (χ3n) is 5.05. The van der Waals surface area contributed by atoms with Crippen LogP contribution in [0.3, 0.4) is 0 Å². The van der Waals surface area contributed by atoms with Crippen LogP contribution >= 0.6 is 0 Å². The number of carbonyl (C=O) groups is 1. The maximum atomic E-state index is 12.4. The molecule has 2 heterocycles. The highest BCUT2D eigenvalue weighted by Crippen LogP contribution is 2.48. The van der Waals surface area contributed by atoms with E-state index in [0.717, 1.165) is 0 Å². The third kappa shape index (κ3) is 3.00. The molecule has 0 aromatic heterocycles. The molecule has 4 rings (SSSR count). The van der Waals surface area contributed by atoms with Crippen LogP contribution in [-0.2, 0) is 19.9 Å². The first-order valence-electron chi connectivity index (χ1n) is 8.82. The first-order valence-corrected chi connectivity index (χ1v) is 8.82. The molecule has 0 aliphatic carbocycles. The fraction of sp³-hybridized carbons (Fsp3) is 0.350. The molecule has 2 aliphatic rings. The minimum absolute atomic E-state index is 0.247. The number of rotatable bonds is 3. The summed E-state index contributed by atoms with van der Waals surface area (Å²) in [5.41, 5.74) is -0.583. The Balaban J connectivity index is 1.86. The van der Waals surface area contributed by atoms with Crippen molar-refractivity contribution in [3.63, 3.8) is 0 Å². The van der Waals surface area contributed by atoms with Crippen molar-refractivity contribution in [3.8, 4) is 5.75 Å². The average Bonchev–Trinajstić information content (AvgIpc) is 2.70. The summed E-state index contributed by atoms with van der Waals surface area (Å²) in [6.07, 6.45) is -5.36. The summed E-state index contributed by atoms with van der Waals surface area (Å²) in [4.78, 5) is 12.4. The lowest BCUT2D eigenvalue weighted by molar-refractivity contribution is -0.453. The van der Waals surface area contributed by atoms with E-state index in [9.17, 15) is 25.2 Å². The summed E-state index contributed by atoms with van der Waals surface area (Å²) in [6, 6.07) is 15.4. The molecule has 0 saturated carbocycles. The number of aliphatic hydroxyl groups excluding tert-OH is 3. The molecule has 2 aromatic carbocycles. The molecule has 2 unspecified atom stereocenters. The van der Waals surface area contributed by atoms with Gasteiger partial charge in [0.15, 0.2) is 6.10 Å². The van der Waals surface area contributed by atoms with Crippen LogP contribution in [-0.4, -0.2) is 57.3 Å². The standard InChI is InChI=1S/C20H20O8/c21-14-11-26-20(25,18(24)17(14)23)28-19(12-6-2-1-3-7-12)10-16(22)27-15-9-5-4-8-13(15)19/h1-9,14,17-18,21,23-25H,10-11H2/t14-,17+,18-,19?,20?/m1/s1. The summed E-state index contributed by atoms with van der Waals surface area (Å²) < 4.78 is 16.4. The van der Waals surface area contributed by atoms with Gasteiger partial charge in [0.1, 0.15) is 23.6 Å². The lowest BCUT2D eigenvalue weighted by Gasteiger charge is -2.47. The molecule has 5 atom stereocenters. The molecule has 1 fully saturated rings. The summed E-state index contributed by atoms with van der Waals surface area (Å²) in [6.45, 7) is -0.467. The summed E-state index contributed by atoms with van der Waals surface area (Å²) in [5, 5.41) is 40.9. The number of carbonyl (C=O) groups excluding carboxylic acids is 1. The van der Waals surface area contributed by atoms with E-state index in [1.807, 2.05) is 0 Å². The zero-order chi connectivity index (χ0) is 19.9. The number of hydrogen-bond acceptors (Lipinski definition) is 8. The van der Waals surface area contributed by atoms with E-state index >= 15 is 0 Å². The molecule has 28 heavy (non-hydrogen) atoms. The Bertz CT molecular complexity index is 872. The van der Waals surface area contributed by atoms with E-state index in [0.29, 0.717) is 11.1 Å². The van der Waals surface area contributed by atoms with Crippen LogP contribution in [0.2, 0.25) is 0 Å². The number of hydrogen-bond donors (Lipinski definition) is 4. The quantitative estimate of drug-likeness (QED) is 0.329. The van der Waals surface area contributed by atoms with Gasteiger partial charge in [-0.3, -0.25) is 4.79 Å². The van der Waals surface area contributed by atoms with E-state index in [1.165, 1.54) is 0 Å². The van der Waals surface area contributed by atoms with Gasteiger partial charge in [0.05, 0.1) is 13.0 Å². The van der Waals surface area contributed by atoms with E-state index in [4.69, 9.17) is 14.2 Å². The van der Waals surface area contributed by atoms with E-state index in [2.05, 4.69) is 0 Å². The Morgan fingerprint density at radius 3 is 2.43 bits per heavy atom. The smallest absolute Gasteiger partial charge is 0.314 e. The van der Waals surface area contributed by atoms with Crippen LogP contribution in [0.15, 0.2) is 54.6 Å². The number of ether oxygens (including phenoxy) is 3. The number of esters is 1. The third-order valence-corrected chi connectivity index (χ3v) is 5.05. The lowest BCUT2D eigenvalue weighted by Crippen LogP contribution is -2.64. The highest BCUT2D eigenvalue weighted by molar-refractivity contribution is 5.78. The van der Waals surface area contributed by atoms with Gasteiger partial charge >= 0.3 is 11.9 Å². The topological polar surface area (TPSA) is 126 Å². The maximum Gasteiger partial charge on any atom is 0.314 e. The van der Waals surface area contributed by atoms with Crippen molar-refractivity contribution >= 4 is 5.97 Å². The van der Waals surface area contributed by atoms with Crippen LogP contribution in [0.5, 0.6) is 5.75 Å². The fourth-order valence-electron chi connectivity index (χ4n) is 3.62. The van der Waals surface area contributed by atoms with Crippen molar-refractivity contribution in [2.45, 2.75) is 36.3 Å². The summed E-state index contributed by atoms with van der Waals surface area (Å²) in [7, 11) is 0. The van der Waals surface area contributed by atoms with Crippen molar-refractivity contribution in [2.75, 3.05) is 6.61 Å². The number of para-hydroxylation sites is 1. The van der Waals surface area contributed by atoms with Gasteiger partial charge in [-0.15, -0.1) is 0 Å². The molecule has 2 aliphatic heterocycles. The van der Waals surface area contributed by atoms with Crippen LogP contribution in [0.25, 0.3) is 0 Å². The van der Waals surface area contributed by atoms with Gasteiger partial charge in [-0.1, -0.05) is 48.5 Å². The predicted molar refractivity (Wildman–Crippen MR) is 93.9 cm³/mol. The molecule has 0 bridgehead atoms. The Hall–Kier alpha value is -2.33. The molecule has 0 spiro atoms. The minimum atomic E-state index is -2.67. The molecule has 0 radical (unpaired) electrons. The van der Waals surface area contributed by atoms with E-state index in [-0.39, 0.29) is 12.2 Å². The van der Waals surface area contributed by atoms with Gasteiger partial charge in [-0.2, -0.15) is 0 Å². The van der Waals surface area contributed by atoms with Gasteiger partial charge in [0, 0.05) is 5.56 Å². The largest absolute Gasteiger partial charge is 0.426 e. The second kappa shape index (κ2) is 6.93. The fourth-order valence-corrected chi connectivity index (χ4v) is 3.62. The van der Waals surface area contributed by atoms with Crippen molar-refractivity contribution in [1.82, 2.24) is 0 Å². The highest BCUT2D eigenvalue weighted by Gasteiger charge is 2.57. The second-order valence-corrected chi connectivity index (χ2v) is 6.89. The molecule has 8 nitrogen and oxygen atoms in total. The summed E-state index contributed by atoms with van der Waals surface area (Å²) in [5.74, 6) is -3.02. The second-order valence-electron chi connectivity index (χ2n) is 6.89. The van der Waals surface area contributed by atoms with Gasteiger partial charge in [0.25, 0.3) is 0 Å². The lowest BCUT2D eigenvalue weighted by atomic mass is 9.81. The Labute approximate surface area is 160 Å². The number of benzene rings is 2. The first kappa shape index (κ1) is 19.0. The minimum Gasteiger partial charge on any atom is -0.426 e. The molecule has 148 valence electrons. The van der Waals surface area contributed by atoms with Crippen molar-refractivity contribution in [1.29, 1.82) is 0 Å². The van der Waals surface area contributed by atoms with E-state index < -0.39 is 42.5 Å². The average molecular weight is 388 g/mol. The molecular formula is C20H20O8. The van der Waals surface area contributed by atoms with Gasteiger partial charge < -0.3 is 34.6 Å². The number of fused-ring (bicyclic) bond motifs is 1. The molecule has 8 heteroatoms. The first-order chi connectivity index (χ1) is 13.4. The van der Waals surface area contributed by atoms with Crippen molar-refractivity contribution in [3.05, 3.63) is 65.7 Å². The Morgan fingerprint density at radius 2 is 1.68 bits per heavy atom. The van der Waals surface area contributed by atoms with Crippen LogP contribution in [0.4, 0.5) is 0 Å². The molecular weight excluding hydrogens is 368 g/mol. The summed E-state index contributed by atoms with van der Waals surface area (Å²) >= 11 is 0. The van der Waals surface area contributed by atoms with Gasteiger partial charge in [-0.05, 0) is 11.6 Å². The Kier molecular flexibility index (Phi) is 4.70. The van der Waals surface area contributed by atoms with Gasteiger partial charge in [-0.25, -0.2) is 0 Å². The van der Waals surface area contributed by atoms with Crippen LogP contribution < -0.4 is 4.74 Å². The molecule has 2 aromatic rings. The van der Waals surface area contributed by atoms with E-state index in [1.54, 1.807) is 54.6 Å². The monoisotopic (exact) mass is 388 g/mol. The number of aliphatic hydroxyl groups is 4. The zero-order valence-electron chi connectivity index (χ0n) is 14.8. The van der Waals surface area contributed by atoms with Crippen molar-refractivity contribution < 1.29 is 39.4 Å². The zero-order valence-corrected chi connectivity index (χ0v) is 14.8. The Morgan fingerprint density at radius 1 is 1.00 bits per heavy atom. The highest BCUT2D eigenvalue weighted by atomic mass is 16.8. The SMILES string of the molecule is O=C1CC(OC2(O)OC[C@@H](O)[C@H](O)[C@H]2O)(c2ccccc2)c2ccccc2O1. The molecule has 0 amide bonds. The molecule has 4 N–H and O–H groups in total. The normalized spacial score (nSPS) is 35.1. The molecule has 1 saturated heterocycles. The van der Waals surface area contributed by atoms with Crippen molar-refractivity contribution in [2.24, 2.45) is 0 Å².